The van der Waals surface area contributed by atoms with E-state index < -0.39 is 13.4 Å². The van der Waals surface area contributed by atoms with Gasteiger partial charge in [0.25, 0.3) is 5.56 Å². The summed E-state index contributed by atoms with van der Waals surface area (Å²) in [6.07, 6.45) is 0.489. The molecular formula is C25H19ClN3O5P. The van der Waals surface area contributed by atoms with Gasteiger partial charge in [-0.15, -0.1) is 0 Å². The summed E-state index contributed by atoms with van der Waals surface area (Å²) < 4.78 is 18.0. The molecule has 10 heteroatoms. The number of H-pyrrole nitrogens is 1. The van der Waals surface area contributed by atoms with Crippen LogP contribution < -0.4 is 10.1 Å². The lowest BCUT2D eigenvalue weighted by molar-refractivity contribution is 0.283. The number of halogens is 1. The van der Waals surface area contributed by atoms with Gasteiger partial charge >= 0.3 is 7.82 Å². The van der Waals surface area contributed by atoms with Gasteiger partial charge in [0, 0.05) is 28.6 Å². The molecule has 0 unspecified atom stereocenters. The Morgan fingerprint density at radius 2 is 1.66 bits per heavy atom. The molecule has 2 heterocycles. The van der Waals surface area contributed by atoms with Crippen LogP contribution in [0, 0.1) is 0 Å². The van der Waals surface area contributed by atoms with Crippen LogP contribution in [0.15, 0.2) is 89.7 Å². The van der Waals surface area contributed by atoms with Gasteiger partial charge in [-0.25, -0.2) is 9.08 Å². The van der Waals surface area contributed by atoms with Crippen molar-refractivity contribution in [3.05, 3.63) is 112 Å². The Kier molecular flexibility index (Phi) is 6.05. The van der Waals surface area contributed by atoms with E-state index >= 15 is 0 Å². The van der Waals surface area contributed by atoms with Crippen molar-refractivity contribution in [2.45, 2.75) is 6.42 Å². The van der Waals surface area contributed by atoms with Gasteiger partial charge in [-0.05, 0) is 35.4 Å². The van der Waals surface area contributed by atoms with Gasteiger partial charge in [-0.1, -0.05) is 66.2 Å². The topological polar surface area (TPSA) is 117 Å². The molecule has 0 saturated carbocycles. The number of para-hydroxylation sites is 1. The summed E-state index contributed by atoms with van der Waals surface area (Å²) in [5.41, 5.74) is 3.92. The molecule has 0 amide bonds. The van der Waals surface area contributed by atoms with Crippen molar-refractivity contribution >= 4 is 25.1 Å². The second kappa shape index (κ2) is 9.17. The van der Waals surface area contributed by atoms with Gasteiger partial charge in [0.05, 0.1) is 11.4 Å². The number of aromatic amines is 1. The zero-order valence-electron chi connectivity index (χ0n) is 18.1. The van der Waals surface area contributed by atoms with E-state index in [0.29, 0.717) is 34.0 Å². The van der Waals surface area contributed by atoms with E-state index in [9.17, 15) is 19.1 Å². The zero-order chi connectivity index (χ0) is 24.6. The molecule has 0 aliphatic heterocycles. The summed E-state index contributed by atoms with van der Waals surface area (Å²) in [5.74, 6) is -0.0686. The third-order valence-electron chi connectivity index (χ3n) is 5.42. The van der Waals surface area contributed by atoms with Gasteiger partial charge in [0.1, 0.15) is 11.4 Å². The van der Waals surface area contributed by atoms with Gasteiger partial charge in [0.15, 0.2) is 0 Å². The molecule has 3 aromatic carbocycles. The van der Waals surface area contributed by atoms with Gasteiger partial charge < -0.3 is 9.51 Å². The van der Waals surface area contributed by atoms with Crippen molar-refractivity contribution in [3.63, 3.8) is 0 Å². The van der Waals surface area contributed by atoms with E-state index in [1.54, 1.807) is 34.8 Å². The number of nitrogens with one attached hydrogen (secondary N) is 1. The highest BCUT2D eigenvalue weighted by atomic mass is 35.5. The average Bonchev–Trinajstić information content (AvgIpc) is 3.17. The first-order chi connectivity index (χ1) is 16.8. The lowest BCUT2D eigenvalue weighted by Crippen LogP contribution is -2.10. The number of fused-ring (bicyclic) bond motifs is 1. The molecule has 0 fully saturated rings. The van der Waals surface area contributed by atoms with E-state index in [1.165, 1.54) is 12.1 Å². The molecule has 2 aromatic heterocycles. The maximum atomic E-state index is 12.8. The highest BCUT2D eigenvalue weighted by Gasteiger charge is 2.23. The number of phosphoric ester groups is 1. The summed E-state index contributed by atoms with van der Waals surface area (Å²) in [6.45, 7) is 0. The number of aromatic nitrogens is 3. The van der Waals surface area contributed by atoms with Crippen LogP contribution in [0.2, 0.25) is 5.02 Å². The number of nitrogens with zero attached hydrogens (tertiary/aromatic N) is 2. The molecule has 8 nitrogen and oxygen atoms in total. The molecule has 0 aliphatic carbocycles. The predicted molar refractivity (Wildman–Crippen MR) is 134 cm³/mol. The van der Waals surface area contributed by atoms with Crippen LogP contribution in [-0.4, -0.2) is 24.4 Å². The van der Waals surface area contributed by atoms with Crippen molar-refractivity contribution in [1.29, 1.82) is 0 Å². The van der Waals surface area contributed by atoms with Gasteiger partial charge in [-0.2, -0.15) is 5.10 Å². The summed E-state index contributed by atoms with van der Waals surface area (Å²) >= 11 is 6.11. The fourth-order valence-electron chi connectivity index (χ4n) is 4.00. The lowest BCUT2D eigenvalue weighted by Gasteiger charge is -2.12. The van der Waals surface area contributed by atoms with Crippen LogP contribution in [0.5, 0.6) is 5.75 Å². The molecular weight excluding hydrogens is 489 g/mol. The monoisotopic (exact) mass is 507 g/mol. The number of benzene rings is 3. The summed E-state index contributed by atoms with van der Waals surface area (Å²) in [6, 6.07) is 24.6. The second-order valence-electron chi connectivity index (χ2n) is 7.85. The highest BCUT2D eigenvalue weighted by molar-refractivity contribution is 7.46. The molecule has 0 bridgehead atoms. The fourth-order valence-corrected chi connectivity index (χ4v) is 4.54. The van der Waals surface area contributed by atoms with Crippen molar-refractivity contribution < 1.29 is 18.9 Å². The van der Waals surface area contributed by atoms with E-state index in [4.69, 9.17) is 21.2 Å². The Morgan fingerprint density at radius 3 is 2.37 bits per heavy atom. The smallest absolute Gasteiger partial charge is 0.404 e. The molecule has 5 rings (SSSR count). The zero-order valence-corrected chi connectivity index (χ0v) is 19.8. The molecule has 3 N–H and O–H groups in total. The molecule has 0 aliphatic rings. The molecule has 35 heavy (non-hydrogen) atoms. The summed E-state index contributed by atoms with van der Waals surface area (Å²) in [5, 5.41) is 5.40. The number of rotatable bonds is 6. The van der Waals surface area contributed by atoms with Crippen molar-refractivity contribution in [2.24, 2.45) is 0 Å². The van der Waals surface area contributed by atoms with E-state index in [1.807, 2.05) is 42.5 Å². The number of phosphoric acid groups is 1. The highest BCUT2D eigenvalue weighted by Crippen LogP contribution is 2.42. The largest absolute Gasteiger partial charge is 0.524 e. The Bertz CT molecular complexity index is 1630. The first-order valence-electron chi connectivity index (χ1n) is 10.6. The van der Waals surface area contributed by atoms with Crippen LogP contribution in [0.1, 0.15) is 11.3 Å². The normalized spacial score (nSPS) is 11.6. The fraction of sp³-hybridized carbons (Fsp3) is 0.0400. The van der Waals surface area contributed by atoms with Gasteiger partial charge in [0.2, 0.25) is 0 Å². The maximum absolute atomic E-state index is 12.8. The minimum absolute atomic E-state index is 0.0686. The van der Waals surface area contributed by atoms with Crippen LogP contribution >= 0.6 is 19.4 Å². The molecule has 176 valence electrons. The van der Waals surface area contributed by atoms with Crippen molar-refractivity contribution in [1.82, 2.24) is 14.6 Å². The third-order valence-corrected chi connectivity index (χ3v) is 6.11. The van der Waals surface area contributed by atoms with Crippen molar-refractivity contribution in [2.75, 3.05) is 0 Å². The van der Waals surface area contributed by atoms with Crippen LogP contribution in [0.3, 0.4) is 0 Å². The van der Waals surface area contributed by atoms with Crippen LogP contribution in [0.25, 0.3) is 28.0 Å². The first-order valence-corrected chi connectivity index (χ1v) is 12.5. The third kappa shape index (κ3) is 4.92. The molecule has 0 atom stereocenters. The predicted octanol–water partition coefficient (Wildman–Crippen LogP) is 5.07. The number of hydrogen-bond acceptors (Lipinski definition) is 4. The standard InChI is InChI=1S/C25H19ClN3O5P/c26-18-12-10-17(11-13-18)24-20(14-16-6-2-1-3-7-16)28-29-21(15-23(30)27-25(24)29)19-8-4-5-9-22(19)34-35(31,32)33/h1-13,15H,14H2,(H,27,30)(H2,31,32,33). The average molecular weight is 508 g/mol. The second-order valence-corrected chi connectivity index (χ2v) is 9.45. The Labute approximate surface area is 204 Å². The molecule has 0 spiro atoms. The molecule has 5 aromatic rings. The summed E-state index contributed by atoms with van der Waals surface area (Å²) in [4.78, 5) is 34.4. The van der Waals surface area contributed by atoms with Crippen LogP contribution in [0.4, 0.5) is 0 Å². The lowest BCUT2D eigenvalue weighted by atomic mass is 10.0. The van der Waals surface area contributed by atoms with Gasteiger partial charge in [-0.3, -0.25) is 14.6 Å². The molecule has 0 radical (unpaired) electrons. The van der Waals surface area contributed by atoms with E-state index in [0.717, 1.165) is 16.7 Å². The Morgan fingerprint density at radius 1 is 0.971 bits per heavy atom. The van der Waals surface area contributed by atoms with Crippen molar-refractivity contribution in [3.8, 4) is 28.1 Å². The maximum Gasteiger partial charge on any atom is 0.524 e. The molecule has 0 saturated heterocycles. The first kappa shape index (κ1) is 23.1. The summed E-state index contributed by atoms with van der Waals surface area (Å²) in [7, 11) is -4.84. The van der Waals surface area contributed by atoms with E-state index in [2.05, 4.69) is 4.98 Å². The quantitative estimate of drug-likeness (QED) is 0.276. The van der Waals surface area contributed by atoms with E-state index in [-0.39, 0.29) is 5.75 Å². The minimum atomic E-state index is -4.84. The minimum Gasteiger partial charge on any atom is -0.404 e. The SMILES string of the molecule is O=c1cc(-c2ccccc2OP(=O)(O)O)n2nc(Cc3ccccc3)c(-c3ccc(Cl)cc3)c2[nH]1. The Hall–Kier alpha value is -3.68. The Balaban J connectivity index is 1.79. The van der Waals surface area contributed by atoms with Crippen LogP contribution in [-0.2, 0) is 11.0 Å². The number of hydrogen-bond donors (Lipinski definition) is 3.